The van der Waals surface area contributed by atoms with Crippen molar-refractivity contribution in [1.29, 1.82) is 0 Å². The van der Waals surface area contributed by atoms with Gasteiger partial charge in [-0.1, -0.05) is 17.7 Å². The molecule has 0 saturated heterocycles. The van der Waals surface area contributed by atoms with Crippen molar-refractivity contribution in [2.75, 3.05) is 0 Å². The summed E-state index contributed by atoms with van der Waals surface area (Å²) in [6.07, 6.45) is 0.799. The van der Waals surface area contributed by atoms with E-state index in [1.165, 1.54) is 0 Å². The molecule has 2 rings (SSSR count). The van der Waals surface area contributed by atoms with Crippen LogP contribution in [0, 0.1) is 6.92 Å². The Bertz CT molecular complexity index is 473. The number of carbonyl (C=O) groups is 1. The van der Waals surface area contributed by atoms with Crippen LogP contribution in [-0.2, 0) is 0 Å². The predicted octanol–water partition coefficient (Wildman–Crippen LogP) is 2.94. The van der Waals surface area contributed by atoms with Gasteiger partial charge in [-0.15, -0.1) is 0 Å². The standard InChI is InChI=1S/C10H8ClNO/c1-6-9(11)3-2-7-4-8(5-13)12-10(6)7/h2-5,12H,1H3. The van der Waals surface area contributed by atoms with E-state index < -0.39 is 0 Å². The lowest BCUT2D eigenvalue weighted by Crippen LogP contribution is -1.79. The SMILES string of the molecule is Cc1c(Cl)ccc2cc(C=O)[nH]c12. The van der Waals surface area contributed by atoms with Crippen LogP contribution in [0.2, 0.25) is 5.02 Å². The van der Waals surface area contributed by atoms with Crippen molar-refractivity contribution < 1.29 is 4.79 Å². The summed E-state index contributed by atoms with van der Waals surface area (Å²) in [6.45, 7) is 1.93. The summed E-state index contributed by atoms with van der Waals surface area (Å²) in [5.74, 6) is 0. The van der Waals surface area contributed by atoms with Gasteiger partial charge in [0.1, 0.15) is 0 Å². The first kappa shape index (κ1) is 8.32. The maximum atomic E-state index is 10.5. The number of benzene rings is 1. The third-order valence-electron chi connectivity index (χ3n) is 2.14. The first-order valence-corrected chi connectivity index (χ1v) is 4.33. The first-order chi connectivity index (χ1) is 6.22. The van der Waals surface area contributed by atoms with Crippen LogP contribution in [0.5, 0.6) is 0 Å². The number of aldehydes is 1. The number of rotatable bonds is 1. The fraction of sp³-hybridized carbons (Fsp3) is 0.100. The second-order valence-electron chi connectivity index (χ2n) is 2.98. The maximum Gasteiger partial charge on any atom is 0.166 e. The van der Waals surface area contributed by atoms with Gasteiger partial charge in [0, 0.05) is 10.4 Å². The molecule has 0 aliphatic carbocycles. The van der Waals surface area contributed by atoms with Crippen molar-refractivity contribution in [1.82, 2.24) is 4.98 Å². The number of aryl methyl sites for hydroxylation is 1. The van der Waals surface area contributed by atoms with E-state index in [1.54, 1.807) is 0 Å². The molecule has 1 N–H and O–H groups in total. The van der Waals surface area contributed by atoms with Gasteiger partial charge >= 0.3 is 0 Å². The molecule has 1 heterocycles. The Kier molecular flexibility index (Phi) is 1.85. The van der Waals surface area contributed by atoms with Crippen molar-refractivity contribution in [3.63, 3.8) is 0 Å². The van der Waals surface area contributed by atoms with Crippen LogP contribution in [0.25, 0.3) is 10.9 Å². The molecule has 0 atom stereocenters. The van der Waals surface area contributed by atoms with Gasteiger partial charge < -0.3 is 4.98 Å². The molecule has 0 unspecified atom stereocenters. The quantitative estimate of drug-likeness (QED) is 0.694. The highest BCUT2D eigenvalue weighted by Gasteiger charge is 2.04. The zero-order valence-corrected chi connectivity index (χ0v) is 7.85. The Labute approximate surface area is 80.5 Å². The summed E-state index contributed by atoms with van der Waals surface area (Å²) in [5.41, 5.74) is 2.50. The summed E-state index contributed by atoms with van der Waals surface area (Å²) >= 11 is 5.93. The molecule has 3 heteroatoms. The lowest BCUT2D eigenvalue weighted by atomic mass is 10.2. The van der Waals surface area contributed by atoms with E-state index in [1.807, 2.05) is 25.1 Å². The molecule has 1 aromatic carbocycles. The molecule has 2 aromatic rings. The molecule has 0 saturated carbocycles. The number of hydrogen-bond donors (Lipinski definition) is 1. The second-order valence-corrected chi connectivity index (χ2v) is 3.39. The van der Waals surface area contributed by atoms with E-state index in [-0.39, 0.29) is 0 Å². The Hall–Kier alpha value is -1.28. The minimum absolute atomic E-state index is 0.584. The number of carbonyl (C=O) groups excluding carboxylic acids is 1. The fourth-order valence-corrected chi connectivity index (χ4v) is 1.56. The van der Waals surface area contributed by atoms with Crippen LogP contribution in [-0.4, -0.2) is 11.3 Å². The number of nitrogens with one attached hydrogen (secondary N) is 1. The lowest BCUT2D eigenvalue weighted by Gasteiger charge is -1.97. The van der Waals surface area contributed by atoms with Gasteiger partial charge in [-0.05, 0) is 24.6 Å². The first-order valence-electron chi connectivity index (χ1n) is 3.95. The van der Waals surface area contributed by atoms with Gasteiger partial charge in [-0.3, -0.25) is 4.79 Å². The average Bonchev–Trinajstić information content (AvgIpc) is 2.55. The van der Waals surface area contributed by atoms with Gasteiger partial charge in [0.25, 0.3) is 0 Å². The predicted molar refractivity (Wildman–Crippen MR) is 53.4 cm³/mol. The van der Waals surface area contributed by atoms with Crippen LogP contribution >= 0.6 is 11.6 Å². The monoisotopic (exact) mass is 193 g/mol. The summed E-state index contributed by atoms with van der Waals surface area (Å²) in [4.78, 5) is 13.5. The second kappa shape index (κ2) is 2.89. The Balaban J connectivity index is 2.83. The number of fused-ring (bicyclic) bond motifs is 1. The van der Waals surface area contributed by atoms with Crippen molar-refractivity contribution in [2.24, 2.45) is 0 Å². The summed E-state index contributed by atoms with van der Waals surface area (Å²) in [6, 6.07) is 5.54. The molecule has 13 heavy (non-hydrogen) atoms. The van der Waals surface area contributed by atoms with Crippen molar-refractivity contribution in [2.45, 2.75) is 6.92 Å². The fourth-order valence-electron chi connectivity index (χ4n) is 1.40. The highest BCUT2D eigenvalue weighted by Crippen LogP contribution is 2.24. The van der Waals surface area contributed by atoms with Crippen LogP contribution in [0.15, 0.2) is 18.2 Å². The third kappa shape index (κ3) is 1.23. The number of H-pyrrole nitrogens is 1. The summed E-state index contributed by atoms with van der Waals surface area (Å²) in [5, 5.41) is 1.73. The van der Waals surface area contributed by atoms with Crippen LogP contribution in [0.4, 0.5) is 0 Å². The molecule has 0 amide bonds. The van der Waals surface area contributed by atoms with Crippen LogP contribution < -0.4 is 0 Å². The maximum absolute atomic E-state index is 10.5. The van der Waals surface area contributed by atoms with Crippen LogP contribution in [0.1, 0.15) is 16.1 Å². The molecule has 0 aliphatic rings. The molecule has 0 fully saturated rings. The Morgan fingerprint density at radius 3 is 2.92 bits per heavy atom. The summed E-state index contributed by atoms with van der Waals surface area (Å²) < 4.78 is 0. The number of aromatic nitrogens is 1. The highest BCUT2D eigenvalue weighted by molar-refractivity contribution is 6.32. The molecule has 0 radical (unpaired) electrons. The van der Waals surface area contributed by atoms with E-state index in [0.717, 1.165) is 22.8 Å². The number of halogens is 1. The minimum atomic E-state index is 0.584. The normalized spacial score (nSPS) is 10.6. The van der Waals surface area contributed by atoms with Crippen molar-refractivity contribution in [3.8, 4) is 0 Å². The minimum Gasteiger partial charge on any atom is -0.352 e. The molecular formula is C10H8ClNO. The average molecular weight is 194 g/mol. The molecule has 2 nitrogen and oxygen atoms in total. The number of aromatic amines is 1. The zero-order chi connectivity index (χ0) is 9.42. The van der Waals surface area contributed by atoms with Crippen LogP contribution in [0.3, 0.4) is 0 Å². The Morgan fingerprint density at radius 2 is 2.23 bits per heavy atom. The number of hydrogen-bond acceptors (Lipinski definition) is 1. The van der Waals surface area contributed by atoms with Crippen molar-refractivity contribution >= 4 is 28.8 Å². The van der Waals surface area contributed by atoms with E-state index >= 15 is 0 Å². The molecule has 1 aromatic heterocycles. The smallest absolute Gasteiger partial charge is 0.166 e. The van der Waals surface area contributed by atoms with E-state index in [2.05, 4.69) is 4.98 Å². The molecule has 0 bridgehead atoms. The van der Waals surface area contributed by atoms with E-state index in [4.69, 9.17) is 11.6 Å². The highest BCUT2D eigenvalue weighted by atomic mass is 35.5. The molecule has 0 spiro atoms. The summed E-state index contributed by atoms with van der Waals surface area (Å²) in [7, 11) is 0. The van der Waals surface area contributed by atoms with Gasteiger partial charge in [-0.25, -0.2) is 0 Å². The molecule has 0 aliphatic heterocycles. The zero-order valence-electron chi connectivity index (χ0n) is 7.10. The van der Waals surface area contributed by atoms with E-state index in [0.29, 0.717) is 10.7 Å². The third-order valence-corrected chi connectivity index (χ3v) is 2.55. The Morgan fingerprint density at radius 1 is 1.46 bits per heavy atom. The molecule has 66 valence electrons. The van der Waals surface area contributed by atoms with Gasteiger partial charge in [0.15, 0.2) is 6.29 Å². The molecular weight excluding hydrogens is 186 g/mol. The van der Waals surface area contributed by atoms with E-state index in [9.17, 15) is 4.79 Å². The topological polar surface area (TPSA) is 32.9 Å². The van der Waals surface area contributed by atoms with Gasteiger partial charge in [-0.2, -0.15) is 0 Å². The van der Waals surface area contributed by atoms with Crippen molar-refractivity contribution in [3.05, 3.63) is 34.5 Å². The van der Waals surface area contributed by atoms with Gasteiger partial charge in [0.2, 0.25) is 0 Å². The lowest BCUT2D eigenvalue weighted by molar-refractivity contribution is 0.112. The van der Waals surface area contributed by atoms with Gasteiger partial charge in [0.05, 0.1) is 11.2 Å². The largest absolute Gasteiger partial charge is 0.352 e.